The SMILES string of the molecule is Cc1cc(O)cc(F)c1C(=O)NC1CCC1. The predicted octanol–water partition coefficient (Wildman–Crippen LogP) is 2.12. The summed E-state index contributed by atoms with van der Waals surface area (Å²) < 4.78 is 13.5. The number of benzene rings is 1. The molecule has 4 heteroatoms. The van der Waals surface area contributed by atoms with Crippen LogP contribution in [0.15, 0.2) is 12.1 Å². The molecule has 1 amide bonds. The summed E-state index contributed by atoms with van der Waals surface area (Å²) in [6.07, 6.45) is 3.04. The minimum atomic E-state index is -0.672. The molecule has 0 heterocycles. The van der Waals surface area contributed by atoms with Gasteiger partial charge in [0, 0.05) is 12.1 Å². The van der Waals surface area contributed by atoms with Crippen LogP contribution < -0.4 is 5.32 Å². The highest BCUT2D eigenvalue weighted by Gasteiger charge is 2.23. The molecule has 3 nitrogen and oxygen atoms in total. The summed E-state index contributed by atoms with van der Waals surface area (Å²) in [7, 11) is 0. The lowest BCUT2D eigenvalue weighted by molar-refractivity contribution is 0.0912. The second kappa shape index (κ2) is 4.12. The van der Waals surface area contributed by atoms with Crippen LogP contribution in [0, 0.1) is 12.7 Å². The van der Waals surface area contributed by atoms with Gasteiger partial charge in [-0.3, -0.25) is 4.79 Å². The molecule has 0 spiro atoms. The van der Waals surface area contributed by atoms with E-state index in [1.165, 1.54) is 6.07 Å². The first-order chi connectivity index (χ1) is 7.58. The first kappa shape index (κ1) is 10.9. The molecular formula is C12H14FNO2. The van der Waals surface area contributed by atoms with Gasteiger partial charge in [-0.05, 0) is 37.8 Å². The van der Waals surface area contributed by atoms with Gasteiger partial charge in [-0.25, -0.2) is 4.39 Å². The number of aryl methyl sites for hydroxylation is 1. The number of rotatable bonds is 2. The second-order valence-corrected chi connectivity index (χ2v) is 4.22. The number of hydrogen-bond donors (Lipinski definition) is 2. The molecule has 1 aliphatic rings. The van der Waals surface area contributed by atoms with E-state index in [-0.39, 0.29) is 23.3 Å². The van der Waals surface area contributed by atoms with Gasteiger partial charge in [0.15, 0.2) is 0 Å². The Morgan fingerprint density at radius 2 is 2.19 bits per heavy atom. The summed E-state index contributed by atoms with van der Waals surface area (Å²) in [6.45, 7) is 1.61. The quantitative estimate of drug-likeness (QED) is 0.806. The first-order valence-electron chi connectivity index (χ1n) is 5.38. The first-order valence-corrected chi connectivity index (χ1v) is 5.38. The molecule has 2 rings (SSSR count). The maximum absolute atomic E-state index is 13.5. The van der Waals surface area contributed by atoms with Gasteiger partial charge in [0.05, 0.1) is 5.56 Å². The summed E-state index contributed by atoms with van der Waals surface area (Å²) >= 11 is 0. The van der Waals surface area contributed by atoms with Gasteiger partial charge in [0.1, 0.15) is 11.6 Å². The number of hydrogen-bond acceptors (Lipinski definition) is 2. The Bertz CT molecular complexity index is 404. The fraction of sp³-hybridized carbons (Fsp3) is 0.417. The molecule has 1 aliphatic carbocycles. The summed E-state index contributed by atoms with van der Waals surface area (Å²) in [5, 5.41) is 11.9. The average molecular weight is 223 g/mol. The Balaban J connectivity index is 2.21. The summed E-state index contributed by atoms with van der Waals surface area (Å²) in [6, 6.07) is 2.53. The highest BCUT2D eigenvalue weighted by molar-refractivity contribution is 5.96. The highest BCUT2D eigenvalue weighted by atomic mass is 19.1. The Hall–Kier alpha value is -1.58. The van der Waals surface area contributed by atoms with Crippen LogP contribution in [0.3, 0.4) is 0 Å². The lowest BCUT2D eigenvalue weighted by Gasteiger charge is -2.26. The fourth-order valence-electron chi connectivity index (χ4n) is 1.82. The summed E-state index contributed by atoms with van der Waals surface area (Å²) in [5.41, 5.74) is 0.485. The molecule has 0 radical (unpaired) electrons. The maximum atomic E-state index is 13.5. The van der Waals surface area contributed by atoms with E-state index in [9.17, 15) is 9.18 Å². The Kier molecular flexibility index (Phi) is 2.81. The molecule has 0 aliphatic heterocycles. The normalized spacial score (nSPS) is 15.6. The molecule has 1 fully saturated rings. The van der Waals surface area contributed by atoms with E-state index in [0.29, 0.717) is 5.56 Å². The minimum Gasteiger partial charge on any atom is -0.508 e. The minimum absolute atomic E-state index is 0.0321. The smallest absolute Gasteiger partial charge is 0.254 e. The van der Waals surface area contributed by atoms with Crippen LogP contribution in [0.2, 0.25) is 0 Å². The third kappa shape index (κ3) is 2.01. The van der Waals surface area contributed by atoms with E-state index in [2.05, 4.69) is 5.32 Å². The third-order valence-corrected chi connectivity index (χ3v) is 2.94. The van der Waals surface area contributed by atoms with Crippen molar-refractivity contribution >= 4 is 5.91 Å². The topological polar surface area (TPSA) is 49.3 Å². The lowest BCUT2D eigenvalue weighted by atomic mass is 9.92. The maximum Gasteiger partial charge on any atom is 0.254 e. The van der Waals surface area contributed by atoms with Crippen LogP contribution in [-0.2, 0) is 0 Å². The number of carbonyl (C=O) groups is 1. The van der Waals surface area contributed by atoms with E-state index >= 15 is 0 Å². The van der Waals surface area contributed by atoms with Crippen molar-refractivity contribution in [2.45, 2.75) is 32.2 Å². The van der Waals surface area contributed by atoms with Gasteiger partial charge in [-0.1, -0.05) is 0 Å². The van der Waals surface area contributed by atoms with E-state index in [1.54, 1.807) is 6.92 Å². The lowest BCUT2D eigenvalue weighted by Crippen LogP contribution is -2.40. The Labute approximate surface area is 93.3 Å². The molecule has 0 aromatic heterocycles. The average Bonchev–Trinajstić information content (AvgIpc) is 2.09. The van der Waals surface area contributed by atoms with Crippen LogP contribution >= 0.6 is 0 Å². The molecular weight excluding hydrogens is 209 g/mol. The van der Waals surface area contributed by atoms with Gasteiger partial charge in [0.2, 0.25) is 0 Å². The molecule has 1 aromatic carbocycles. The predicted molar refractivity (Wildman–Crippen MR) is 57.9 cm³/mol. The Morgan fingerprint density at radius 1 is 1.50 bits per heavy atom. The van der Waals surface area contributed by atoms with Crippen LogP contribution in [-0.4, -0.2) is 17.1 Å². The van der Waals surface area contributed by atoms with Crippen LogP contribution in [0.5, 0.6) is 5.75 Å². The monoisotopic (exact) mass is 223 g/mol. The van der Waals surface area contributed by atoms with Crippen molar-refractivity contribution in [3.8, 4) is 5.75 Å². The van der Waals surface area contributed by atoms with Crippen LogP contribution in [0.1, 0.15) is 35.2 Å². The van der Waals surface area contributed by atoms with Crippen molar-refractivity contribution in [2.24, 2.45) is 0 Å². The van der Waals surface area contributed by atoms with Crippen LogP contribution in [0.25, 0.3) is 0 Å². The second-order valence-electron chi connectivity index (χ2n) is 4.22. The fourth-order valence-corrected chi connectivity index (χ4v) is 1.82. The molecule has 1 saturated carbocycles. The van der Waals surface area contributed by atoms with Crippen molar-refractivity contribution in [3.63, 3.8) is 0 Å². The number of nitrogens with one attached hydrogen (secondary N) is 1. The van der Waals surface area contributed by atoms with E-state index < -0.39 is 5.82 Å². The molecule has 16 heavy (non-hydrogen) atoms. The van der Waals surface area contributed by atoms with Crippen molar-refractivity contribution < 1.29 is 14.3 Å². The zero-order chi connectivity index (χ0) is 11.7. The number of halogens is 1. The summed E-state index contributed by atoms with van der Waals surface area (Å²) in [4.78, 5) is 11.8. The van der Waals surface area contributed by atoms with Crippen molar-refractivity contribution in [3.05, 3.63) is 29.1 Å². The largest absolute Gasteiger partial charge is 0.508 e. The molecule has 0 atom stereocenters. The highest BCUT2D eigenvalue weighted by Crippen LogP contribution is 2.22. The van der Waals surface area contributed by atoms with Gasteiger partial charge in [0.25, 0.3) is 5.91 Å². The van der Waals surface area contributed by atoms with Gasteiger partial charge < -0.3 is 10.4 Å². The van der Waals surface area contributed by atoms with E-state index in [0.717, 1.165) is 25.3 Å². The number of carbonyl (C=O) groups excluding carboxylic acids is 1. The van der Waals surface area contributed by atoms with Crippen molar-refractivity contribution in [1.82, 2.24) is 5.32 Å². The van der Waals surface area contributed by atoms with E-state index in [1.807, 2.05) is 0 Å². The van der Waals surface area contributed by atoms with Gasteiger partial charge in [-0.15, -0.1) is 0 Å². The molecule has 2 N–H and O–H groups in total. The molecule has 0 bridgehead atoms. The summed E-state index contributed by atoms with van der Waals surface area (Å²) in [5.74, 6) is -1.22. The number of phenols is 1. The molecule has 86 valence electrons. The molecule has 0 saturated heterocycles. The molecule has 0 unspecified atom stereocenters. The third-order valence-electron chi connectivity index (χ3n) is 2.94. The number of aromatic hydroxyl groups is 1. The van der Waals surface area contributed by atoms with E-state index in [4.69, 9.17) is 5.11 Å². The van der Waals surface area contributed by atoms with Gasteiger partial charge in [-0.2, -0.15) is 0 Å². The number of phenolic OH excluding ortho intramolecular Hbond substituents is 1. The van der Waals surface area contributed by atoms with Crippen molar-refractivity contribution in [1.29, 1.82) is 0 Å². The Morgan fingerprint density at radius 3 is 2.69 bits per heavy atom. The number of amides is 1. The zero-order valence-electron chi connectivity index (χ0n) is 9.09. The van der Waals surface area contributed by atoms with Crippen molar-refractivity contribution in [2.75, 3.05) is 0 Å². The van der Waals surface area contributed by atoms with Crippen LogP contribution in [0.4, 0.5) is 4.39 Å². The standard InChI is InChI=1S/C12H14FNO2/c1-7-5-9(15)6-10(13)11(7)12(16)14-8-3-2-4-8/h5-6,8,15H,2-4H2,1H3,(H,14,16). The molecule has 1 aromatic rings. The van der Waals surface area contributed by atoms with Gasteiger partial charge >= 0.3 is 0 Å². The zero-order valence-corrected chi connectivity index (χ0v) is 9.09.